The lowest BCUT2D eigenvalue weighted by molar-refractivity contribution is 0.0463. The van der Waals surface area contributed by atoms with E-state index in [4.69, 9.17) is 4.42 Å². The van der Waals surface area contributed by atoms with Crippen LogP contribution in [0.2, 0.25) is 0 Å². The van der Waals surface area contributed by atoms with Crippen molar-refractivity contribution in [1.82, 2.24) is 20.5 Å². The lowest BCUT2D eigenvalue weighted by atomic mass is 9.82. The molecule has 2 bridgehead atoms. The summed E-state index contributed by atoms with van der Waals surface area (Å²) >= 11 is 0. The Morgan fingerprint density at radius 1 is 1.22 bits per heavy atom. The highest BCUT2D eigenvalue weighted by molar-refractivity contribution is 6.04. The van der Waals surface area contributed by atoms with Crippen molar-refractivity contribution in [2.45, 2.75) is 56.3 Å². The van der Waals surface area contributed by atoms with Crippen LogP contribution in [0.15, 0.2) is 22.6 Å². The largest absolute Gasteiger partial charge is 0.424 e. The Hall–Kier alpha value is -2.12. The standard InChI is InChI=1S/C20H27N5O2/c1-25-14-4-2-5-15(25)9-12(8-14)22-19(26)16-6-3-7-17-18(16)24-20(27-17)23-13-10-21-11-13/h3,6-7,12-15,21H,2,4-5,8-11H2,1H3,(H,22,26)(H,23,24). The van der Waals surface area contributed by atoms with Gasteiger partial charge in [0.2, 0.25) is 0 Å². The van der Waals surface area contributed by atoms with Gasteiger partial charge in [0.1, 0.15) is 5.52 Å². The number of carbonyl (C=O) groups excluding carboxylic acids is 1. The number of anilines is 1. The van der Waals surface area contributed by atoms with E-state index in [2.05, 4.69) is 32.9 Å². The molecule has 0 spiro atoms. The molecule has 3 aliphatic rings. The van der Waals surface area contributed by atoms with Crippen LogP contribution in [0, 0.1) is 0 Å². The van der Waals surface area contributed by atoms with Gasteiger partial charge in [-0.25, -0.2) is 0 Å². The Bertz CT molecular complexity index is 832. The molecule has 3 saturated heterocycles. The molecule has 2 atom stereocenters. The monoisotopic (exact) mass is 369 g/mol. The number of piperidine rings is 2. The van der Waals surface area contributed by atoms with Gasteiger partial charge in [-0.05, 0) is 44.9 Å². The van der Waals surface area contributed by atoms with E-state index < -0.39 is 0 Å². The summed E-state index contributed by atoms with van der Waals surface area (Å²) in [7, 11) is 2.23. The highest BCUT2D eigenvalue weighted by Crippen LogP contribution is 2.33. The van der Waals surface area contributed by atoms with E-state index in [1.807, 2.05) is 18.2 Å². The number of amides is 1. The summed E-state index contributed by atoms with van der Waals surface area (Å²) in [5.41, 5.74) is 1.88. The zero-order valence-corrected chi connectivity index (χ0v) is 15.7. The number of hydrogen-bond acceptors (Lipinski definition) is 6. The van der Waals surface area contributed by atoms with Crippen LogP contribution in [-0.2, 0) is 0 Å². The van der Waals surface area contributed by atoms with Crippen molar-refractivity contribution in [2.75, 3.05) is 25.5 Å². The maximum Gasteiger partial charge on any atom is 0.296 e. The van der Waals surface area contributed by atoms with Crippen LogP contribution >= 0.6 is 0 Å². The maximum absolute atomic E-state index is 13.0. The second-order valence-electron chi connectivity index (χ2n) is 8.22. The number of nitrogens with one attached hydrogen (secondary N) is 3. The second kappa shape index (κ2) is 6.80. The van der Waals surface area contributed by atoms with Crippen molar-refractivity contribution < 1.29 is 9.21 Å². The summed E-state index contributed by atoms with van der Waals surface area (Å²) in [4.78, 5) is 20.0. The van der Waals surface area contributed by atoms with E-state index in [1.165, 1.54) is 19.3 Å². The first-order valence-electron chi connectivity index (χ1n) is 10.1. The smallest absolute Gasteiger partial charge is 0.296 e. The summed E-state index contributed by atoms with van der Waals surface area (Å²) < 4.78 is 5.79. The van der Waals surface area contributed by atoms with Crippen LogP contribution in [0.3, 0.4) is 0 Å². The number of aromatic nitrogens is 1. The molecular formula is C20H27N5O2. The van der Waals surface area contributed by atoms with Crippen LogP contribution in [0.5, 0.6) is 0 Å². The topological polar surface area (TPSA) is 82.4 Å². The van der Waals surface area contributed by atoms with Gasteiger partial charge in [0.25, 0.3) is 11.9 Å². The first kappa shape index (κ1) is 17.0. The number of fused-ring (bicyclic) bond motifs is 3. The molecule has 3 fully saturated rings. The molecular weight excluding hydrogens is 342 g/mol. The fourth-order valence-corrected chi connectivity index (χ4v) is 4.76. The van der Waals surface area contributed by atoms with Gasteiger partial charge in [-0.3, -0.25) is 4.79 Å². The van der Waals surface area contributed by atoms with Gasteiger partial charge >= 0.3 is 0 Å². The number of benzene rings is 1. The number of nitrogens with zero attached hydrogens (tertiary/aromatic N) is 2. The first-order chi connectivity index (χ1) is 13.2. The van der Waals surface area contributed by atoms with E-state index in [-0.39, 0.29) is 11.9 Å². The predicted octanol–water partition coefficient (Wildman–Crippen LogP) is 1.96. The fraction of sp³-hybridized carbons (Fsp3) is 0.600. The minimum atomic E-state index is -0.0432. The zero-order chi connectivity index (χ0) is 18.4. The average Bonchev–Trinajstić information content (AvgIpc) is 3.01. The lowest BCUT2D eigenvalue weighted by Gasteiger charge is -2.47. The molecule has 3 aliphatic heterocycles. The third-order valence-electron chi connectivity index (χ3n) is 6.45. The molecule has 0 aliphatic carbocycles. The lowest BCUT2D eigenvalue weighted by Crippen LogP contribution is -2.55. The summed E-state index contributed by atoms with van der Waals surface area (Å²) in [6.45, 7) is 1.81. The second-order valence-corrected chi connectivity index (χ2v) is 8.22. The predicted molar refractivity (Wildman–Crippen MR) is 104 cm³/mol. The van der Waals surface area contributed by atoms with Gasteiger partial charge in [-0.2, -0.15) is 4.98 Å². The quantitative estimate of drug-likeness (QED) is 0.764. The van der Waals surface area contributed by atoms with Crippen molar-refractivity contribution >= 4 is 23.0 Å². The summed E-state index contributed by atoms with van der Waals surface area (Å²) in [6, 6.07) is 7.83. The van der Waals surface area contributed by atoms with Gasteiger partial charge in [-0.15, -0.1) is 0 Å². The minimum Gasteiger partial charge on any atom is -0.424 e. The van der Waals surface area contributed by atoms with Crippen molar-refractivity contribution in [2.24, 2.45) is 0 Å². The van der Waals surface area contributed by atoms with Crippen molar-refractivity contribution in [3.8, 4) is 0 Å². The van der Waals surface area contributed by atoms with Gasteiger partial charge in [0, 0.05) is 31.2 Å². The van der Waals surface area contributed by atoms with Gasteiger partial charge in [-0.1, -0.05) is 12.5 Å². The summed E-state index contributed by atoms with van der Waals surface area (Å²) in [5.74, 6) is -0.0432. The molecule has 1 aromatic carbocycles. The fourth-order valence-electron chi connectivity index (χ4n) is 4.76. The minimum absolute atomic E-state index is 0.0432. The third kappa shape index (κ3) is 3.19. The number of oxazole rings is 1. The van der Waals surface area contributed by atoms with Crippen LogP contribution in [0.4, 0.5) is 6.01 Å². The van der Waals surface area contributed by atoms with E-state index >= 15 is 0 Å². The molecule has 2 aromatic rings. The molecule has 7 heteroatoms. The molecule has 1 aromatic heterocycles. The number of hydrogen-bond donors (Lipinski definition) is 3. The van der Waals surface area contributed by atoms with Gasteiger partial charge in [0.05, 0.1) is 11.6 Å². The highest BCUT2D eigenvalue weighted by atomic mass is 16.4. The van der Waals surface area contributed by atoms with Crippen LogP contribution in [0.1, 0.15) is 42.5 Å². The molecule has 1 amide bonds. The molecule has 0 saturated carbocycles. The molecule has 27 heavy (non-hydrogen) atoms. The molecule has 0 radical (unpaired) electrons. The van der Waals surface area contributed by atoms with E-state index in [1.54, 1.807) is 0 Å². The summed E-state index contributed by atoms with van der Waals surface area (Å²) in [5, 5.41) is 9.75. The van der Waals surface area contributed by atoms with Crippen LogP contribution in [0.25, 0.3) is 11.1 Å². The van der Waals surface area contributed by atoms with Crippen molar-refractivity contribution in [3.63, 3.8) is 0 Å². The van der Waals surface area contributed by atoms with Crippen molar-refractivity contribution in [1.29, 1.82) is 0 Å². The normalized spacial score (nSPS) is 28.7. The Morgan fingerprint density at radius 3 is 2.70 bits per heavy atom. The molecule has 5 rings (SSSR count). The summed E-state index contributed by atoms with van der Waals surface area (Å²) in [6.07, 6.45) is 5.86. The maximum atomic E-state index is 13.0. The molecule has 2 unspecified atom stereocenters. The number of rotatable bonds is 4. The molecule has 144 valence electrons. The van der Waals surface area contributed by atoms with Gasteiger partial charge < -0.3 is 25.3 Å². The molecule has 4 heterocycles. The van der Waals surface area contributed by atoms with Crippen LogP contribution < -0.4 is 16.0 Å². The number of para-hydroxylation sites is 1. The SMILES string of the molecule is CN1C2CCCC1CC(NC(=O)c1cccc3oc(NC4CNC4)nc13)C2. The average molecular weight is 369 g/mol. The Morgan fingerprint density at radius 2 is 2.00 bits per heavy atom. The molecule has 7 nitrogen and oxygen atoms in total. The first-order valence-corrected chi connectivity index (χ1v) is 10.1. The van der Waals surface area contributed by atoms with E-state index in [0.29, 0.717) is 40.8 Å². The Balaban J connectivity index is 1.33. The van der Waals surface area contributed by atoms with E-state index in [9.17, 15) is 4.79 Å². The van der Waals surface area contributed by atoms with Crippen molar-refractivity contribution in [3.05, 3.63) is 23.8 Å². The highest BCUT2D eigenvalue weighted by Gasteiger charge is 2.36. The van der Waals surface area contributed by atoms with Gasteiger partial charge in [0.15, 0.2) is 5.58 Å². The molecule has 3 N–H and O–H groups in total. The number of carbonyl (C=O) groups is 1. The Labute approximate surface area is 158 Å². The third-order valence-corrected chi connectivity index (χ3v) is 6.45. The van der Waals surface area contributed by atoms with E-state index in [0.717, 1.165) is 25.9 Å². The Kier molecular flexibility index (Phi) is 4.28. The van der Waals surface area contributed by atoms with Crippen LogP contribution in [-0.4, -0.2) is 60.1 Å². The zero-order valence-electron chi connectivity index (χ0n) is 15.7.